The van der Waals surface area contributed by atoms with E-state index in [0.29, 0.717) is 17.0 Å². The van der Waals surface area contributed by atoms with Crippen molar-refractivity contribution in [1.29, 1.82) is 0 Å². The molecule has 0 bridgehead atoms. The Morgan fingerprint density at radius 2 is 1.91 bits per heavy atom. The van der Waals surface area contributed by atoms with Crippen LogP contribution in [0.5, 0.6) is 5.75 Å². The third-order valence-electron chi connectivity index (χ3n) is 3.24. The molecule has 1 aliphatic heterocycles. The van der Waals surface area contributed by atoms with Gasteiger partial charge in [0.05, 0.1) is 6.04 Å². The van der Waals surface area contributed by atoms with Crippen LogP contribution in [-0.4, -0.2) is 24.3 Å². The van der Waals surface area contributed by atoms with Crippen LogP contribution in [0.25, 0.3) is 0 Å². The van der Waals surface area contributed by atoms with Gasteiger partial charge in [-0.15, -0.1) is 0 Å². The van der Waals surface area contributed by atoms with E-state index in [1.807, 2.05) is 0 Å². The highest BCUT2D eigenvalue weighted by molar-refractivity contribution is 5.98. The molecule has 0 aromatic heterocycles. The number of primary amides is 1. The lowest BCUT2D eigenvalue weighted by Crippen LogP contribution is -2.44. The quantitative estimate of drug-likeness (QED) is 0.746. The second kappa shape index (κ2) is 6.30. The Balaban J connectivity index is 2.26. The van der Waals surface area contributed by atoms with Crippen molar-refractivity contribution in [1.82, 2.24) is 10.6 Å². The van der Waals surface area contributed by atoms with Crippen molar-refractivity contribution >= 4 is 17.7 Å². The normalized spacial score (nSPS) is 17.5. The van der Waals surface area contributed by atoms with E-state index in [1.54, 1.807) is 31.2 Å². The predicted molar refractivity (Wildman–Crippen MR) is 78.9 cm³/mol. The van der Waals surface area contributed by atoms with Gasteiger partial charge in [0.25, 0.3) is 5.91 Å². The third kappa shape index (κ3) is 3.43. The molecule has 1 aromatic carbocycles. The summed E-state index contributed by atoms with van der Waals surface area (Å²) in [6.07, 6.45) is 0. The van der Waals surface area contributed by atoms with Gasteiger partial charge in [0, 0.05) is 11.3 Å². The van der Waals surface area contributed by atoms with Crippen molar-refractivity contribution < 1.29 is 19.1 Å². The lowest BCUT2D eigenvalue weighted by Gasteiger charge is -2.28. The number of allylic oxidation sites excluding steroid dienone is 1. The Labute approximate surface area is 127 Å². The van der Waals surface area contributed by atoms with Crippen LogP contribution < -0.4 is 21.1 Å². The molecule has 1 atom stereocenters. The first-order chi connectivity index (χ1) is 10.4. The zero-order chi connectivity index (χ0) is 16.3. The smallest absolute Gasteiger partial charge is 0.319 e. The average molecular weight is 303 g/mol. The molecule has 2 rings (SSSR count). The summed E-state index contributed by atoms with van der Waals surface area (Å²) < 4.78 is 5.17. The highest BCUT2D eigenvalue weighted by Gasteiger charge is 2.28. The second-order valence-corrected chi connectivity index (χ2v) is 4.95. The van der Waals surface area contributed by atoms with Gasteiger partial charge >= 0.3 is 6.03 Å². The van der Waals surface area contributed by atoms with E-state index in [-0.39, 0.29) is 18.4 Å². The van der Waals surface area contributed by atoms with Gasteiger partial charge in [-0.25, -0.2) is 4.79 Å². The largest absolute Gasteiger partial charge is 0.484 e. The van der Waals surface area contributed by atoms with Crippen molar-refractivity contribution in [3.05, 3.63) is 41.1 Å². The minimum atomic E-state index is -0.563. The van der Waals surface area contributed by atoms with Crippen LogP contribution in [0.2, 0.25) is 0 Å². The monoisotopic (exact) mass is 303 g/mol. The number of benzene rings is 1. The summed E-state index contributed by atoms with van der Waals surface area (Å²) in [5, 5.41) is 5.31. The highest BCUT2D eigenvalue weighted by atomic mass is 16.5. The number of Topliss-reactive ketones (excluding diaryl/α,β-unsaturated/α-hetero) is 1. The maximum Gasteiger partial charge on any atom is 0.319 e. The summed E-state index contributed by atoms with van der Waals surface area (Å²) >= 11 is 0. The third-order valence-corrected chi connectivity index (χ3v) is 3.24. The van der Waals surface area contributed by atoms with Crippen LogP contribution in [-0.2, 0) is 9.59 Å². The van der Waals surface area contributed by atoms with Gasteiger partial charge in [-0.05, 0) is 31.5 Å². The molecular weight excluding hydrogens is 286 g/mol. The van der Waals surface area contributed by atoms with Crippen LogP contribution in [0, 0.1) is 0 Å². The number of nitrogens with two attached hydrogens (primary N) is 1. The van der Waals surface area contributed by atoms with Crippen molar-refractivity contribution in [2.75, 3.05) is 6.61 Å². The first kappa shape index (κ1) is 15.6. The molecule has 0 saturated heterocycles. The van der Waals surface area contributed by atoms with Crippen molar-refractivity contribution in [3.8, 4) is 5.75 Å². The lowest BCUT2D eigenvalue weighted by molar-refractivity contribution is -0.120. The maximum atomic E-state index is 11.8. The lowest BCUT2D eigenvalue weighted by atomic mass is 9.93. The van der Waals surface area contributed by atoms with E-state index in [0.717, 1.165) is 5.56 Å². The number of rotatable bonds is 5. The molecule has 0 spiro atoms. The van der Waals surface area contributed by atoms with Gasteiger partial charge in [0.15, 0.2) is 12.4 Å². The molecule has 1 heterocycles. The summed E-state index contributed by atoms with van der Waals surface area (Å²) in [5.41, 5.74) is 6.79. The van der Waals surface area contributed by atoms with Crippen LogP contribution in [0.3, 0.4) is 0 Å². The standard InChI is InChI=1S/C15H17N3O4/c1-8-13(9(2)19)14(18-15(21)17-8)10-3-5-11(6-4-10)22-7-12(16)20/h3-6,14H,7H2,1-2H3,(H2,16,20)(H2,17,18,21). The summed E-state index contributed by atoms with van der Waals surface area (Å²) in [4.78, 5) is 34.1. The molecule has 1 aliphatic rings. The maximum absolute atomic E-state index is 11.8. The molecule has 1 aromatic rings. The molecule has 7 heteroatoms. The van der Waals surface area contributed by atoms with E-state index in [9.17, 15) is 14.4 Å². The Morgan fingerprint density at radius 3 is 2.45 bits per heavy atom. The van der Waals surface area contributed by atoms with Crippen LogP contribution in [0.1, 0.15) is 25.5 Å². The number of carbonyl (C=O) groups excluding carboxylic acids is 3. The van der Waals surface area contributed by atoms with E-state index in [4.69, 9.17) is 10.5 Å². The molecule has 0 fully saturated rings. The minimum absolute atomic E-state index is 0.121. The summed E-state index contributed by atoms with van der Waals surface area (Å²) in [6.45, 7) is 2.93. The molecule has 22 heavy (non-hydrogen) atoms. The fourth-order valence-corrected chi connectivity index (χ4v) is 2.32. The molecule has 0 radical (unpaired) electrons. The molecule has 4 N–H and O–H groups in total. The van der Waals surface area contributed by atoms with Crippen molar-refractivity contribution in [2.24, 2.45) is 5.73 Å². The van der Waals surface area contributed by atoms with E-state index in [1.165, 1.54) is 6.92 Å². The number of ether oxygens (including phenoxy) is 1. The van der Waals surface area contributed by atoms with Crippen LogP contribution in [0.4, 0.5) is 4.79 Å². The molecule has 7 nitrogen and oxygen atoms in total. The zero-order valence-electron chi connectivity index (χ0n) is 12.3. The summed E-state index contributed by atoms with van der Waals surface area (Å²) in [7, 11) is 0. The van der Waals surface area contributed by atoms with Gasteiger partial charge in [-0.2, -0.15) is 0 Å². The topological polar surface area (TPSA) is 111 Å². The SMILES string of the molecule is CC(=O)C1=C(C)NC(=O)NC1c1ccc(OCC(N)=O)cc1. The van der Waals surface area contributed by atoms with Gasteiger partial charge < -0.3 is 21.1 Å². The van der Waals surface area contributed by atoms with Crippen molar-refractivity contribution in [3.63, 3.8) is 0 Å². The first-order valence-corrected chi connectivity index (χ1v) is 6.68. The molecule has 0 aliphatic carbocycles. The molecule has 3 amide bonds. The van der Waals surface area contributed by atoms with Gasteiger partial charge in [0.1, 0.15) is 5.75 Å². The number of amides is 3. The Kier molecular flexibility index (Phi) is 4.45. The van der Waals surface area contributed by atoms with E-state index < -0.39 is 11.9 Å². The molecule has 116 valence electrons. The van der Waals surface area contributed by atoms with E-state index >= 15 is 0 Å². The number of nitrogens with one attached hydrogen (secondary N) is 2. The molecular formula is C15H17N3O4. The second-order valence-electron chi connectivity index (χ2n) is 4.95. The average Bonchev–Trinajstić information content (AvgIpc) is 2.44. The Hall–Kier alpha value is -2.83. The number of hydrogen-bond donors (Lipinski definition) is 3. The number of hydrogen-bond acceptors (Lipinski definition) is 4. The van der Waals surface area contributed by atoms with Gasteiger partial charge in [-0.1, -0.05) is 12.1 Å². The Morgan fingerprint density at radius 1 is 1.27 bits per heavy atom. The van der Waals surface area contributed by atoms with Crippen LogP contribution >= 0.6 is 0 Å². The predicted octanol–water partition coefficient (Wildman–Crippen LogP) is 0.768. The molecule has 1 unspecified atom stereocenters. The Bertz CT molecular complexity index is 649. The van der Waals surface area contributed by atoms with Gasteiger partial charge in [-0.3, -0.25) is 9.59 Å². The summed E-state index contributed by atoms with van der Waals surface area (Å²) in [6, 6.07) is 5.88. The number of urea groups is 1. The van der Waals surface area contributed by atoms with Gasteiger partial charge in [0.2, 0.25) is 0 Å². The first-order valence-electron chi connectivity index (χ1n) is 6.68. The van der Waals surface area contributed by atoms with Crippen LogP contribution in [0.15, 0.2) is 35.5 Å². The van der Waals surface area contributed by atoms with E-state index in [2.05, 4.69) is 10.6 Å². The zero-order valence-corrected chi connectivity index (χ0v) is 12.3. The summed E-state index contributed by atoms with van der Waals surface area (Å²) in [5.74, 6) is -0.205. The fraction of sp³-hybridized carbons (Fsp3) is 0.267. The number of ketones is 1. The minimum Gasteiger partial charge on any atom is -0.484 e. The fourth-order valence-electron chi connectivity index (χ4n) is 2.32. The highest BCUT2D eigenvalue weighted by Crippen LogP contribution is 2.28. The van der Waals surface area contributed by atoms with Crippen molar-refractivity contribution in [2.45, 2.75) is 19.9 Å². The molecule has 0 saturated carbocycles. The number of carbonyl (C=O) groups is 3.